The van der Waals surface area contributed by atoms with Crippen molar-refractivity contribution in [2.24, 2.45) is 0 Å². The molecule has 40 heavy (non-hydrogen) atoms. The number of ether oxygens (including phenoxy) is 1. The van der Waals surface area contributed by atoms with Crippen molar-refractivity contribution in [1.82, 2.24) is 9.47 Å². The van der Waals surface area contributed by atoms with E-state index in [2.05, 4.69) is 0 Å². The van der Waals surface area contributed by atoms with E-state index >= 15 is 0 Å². The number of nitrogens with zero attached hydrogens (tertiary/aromatic N) is 2. The number of hydrogen-bond acceptors (Lipinski definition) is 2. The largest absolute Gasteiger partial charge is 0.439 e. The van der Waals surface area contributed by atoms with Gasteiger partial charge in [0.05, 0.1) is 29.3 Å². The lowest BCUT2D eigenvalue weighted by molar-refractivity contribution is -0.143. The Morgan fingerprint density at radius 1 is 0.825 bits per heavy atom. The first-order valence-corrected chi connectivity index (χ1v) is 12.0. The summed E-state index contributed by atoms with van der Waals surface area (Å²) in [6, 6.07) is 4.53. The molecule has 1 amide bonds. The van der Waals surface area contributed by atoms with Crippen LogP contribution in [0.4, 0.5) is 44.3 Å². The molecule has 1 aromatic heterocycles. The van der Waals surface area contributed by atoms with Crippen molar-refractivity contribution in [1.29, 1.82) is 0 Å². The van der Waals surface area contributed by atoms with E-state index in [9.17, 15) is 44.3 Å². The minimum Gasteiger partial charge on any atom is -0.439 e. The fourth-order valence-electron chi connectivity index (χ4n) is 4.56. The van der Waals surface area contributed by atoms with Crippen LogP contribution in [-0.2, 0) is 29.8 Å². The Morgan fingerprint density at radius 2 is 1.40 bits per heavy atom. The monoisotopic (exact) mass is 578 g/mol. The summed E-state index contributed by atoms with van der Waals surface area (Å²) in [5.74, 6) is 0. The van der Waals surface area contributed by atoms with Crippen LogP contribution in [0.1, 0.15) is 60.7 Å². The number of cyclic esters (lactones) is 1. The van der Waals surface area contributed by atoms with Gasteiger partial charge in [-0.05, 0) is 79.4 Å². The number of hydrogen-bond donors (Lipinski definition) is 0. The Kier molecular flexibility index (Phi) is 7.39. The lowest BCUT2D eigenvalue weighted by atomic mass is 9.96. The molecule has 1 aliphatic rings. The average Bonchev–Trinajstić information content (AvgIpc) is 3.43. The standard InChI is InChI=1S/C27H23F9N2O2/c1-14(2)37-7-6-16(12-37)22-5-4-19(25(28,29)30)10-18(22)13-38-15(3)23(40-24(38)39)17-8-20(26(31,32)33)11-21(9-17)27(34,35)36/h4-12,14-15,23H,13H2,1-3H3/t15-,23?/m0/s1. The molecule has 13 heteroatoms. The van der Waals surface area contributed by atoms with Crippen molar-refractivity contribution >= 4 is 6.09 Å². The van der Waals surface area contributed by atoms with Crippen LogP contribution >= 0.6 is 0 Å². The highest BCUT2D eigenvalue weighted by Gasteiger charge is 2.43. The first-order chi connectivity index (χ1) is 18.4. The van der Waals surface area contributed by atoms with Crippen molar-refractivity contribution < 1.29 is 49.0 Å². The number of carbonyl (C=O) groups excluding carboxylic acids is 1. The van der Waals surface area contributed by atoms with E-state index in [4.69, 9.17) is 4.74 Å². The van der Waals surface area contributed by atoms with Gasteiger partial charge in [0.2, 0.25) is 0 Å². The van der Waals surface area contributed by atoms with E-state index < -0.39 is 65.6 Å². The highest BCUT2D eigenvalue weighted by Crippen LogP contribution is 2.42. The zero-order chi connectivity index (χ0) is 29.8. The van der Waals surface area contributed by atoms with Gasteiger partial charge in [-0.25, -0.2) is 4.79 Å². The molecule has 0 aliphatic carbocycles. The van der Waals surface area contributed by atoms with E-state index in [1.54, 1.807) is 18.5 Å². The van der Waals surface area contributed by atoms with Crippen LogP contribution in [0.3, 0.4) is 0 Å². The molecule has 4 nitrogen and oxygen atoms in total. The fraction of sp³-hybridized carbons (Fsp3) is 0.370. The summed E-state index contributed by atoms with van der Waals surface area (Å²) < 4.78 is 128. The van der Waals surface area contributed by atoms with Gasteiger partial charge in [-0.3, -0.25) is 4.90 Å². The molecular formula is C27H23F9N2O2. The van der Waals surface area contributed by atoms with Crippen molar-refractivity contribution in [2.75, 3.05) is 0 Å². The molecule has 0 saturated carbocycles. The SMILES string of the molecule is CC(C)n1ccc(-c2ccc(C(F)(F)F)cc2CN2C(=O)OC(c3cc(C(F)(F)F)cc(C(F)(F)F)c3)[C@@H]2C)c1. The third-order valence-electron chi connectivity index (χ3n) is 6.73. The van der Waals surface area contributed by atoms with Gasteiger partial charge in [0, 0.05) is 18.4 Å². The zero-order valence-corrected chi connectivity index (χ0v) is 21.2. The van der Waals surface area contributed by atoms with Crippen LogP contribution in [0.2, 0.25) is 0 Å². The van der Waals surface area contributed by atoms with E-state index in [0.29, 0.717) is 23.3 Å². The molecule has 2 heterocycles. The van der Waals surface area contributed by atoms with Gasteiger partial charge in [0.1, 0.15) is 6.10 Å². The molecule has 3 aromatic rings. The van der Waals surface area contributed by atoms with Crippen molar-refractivity contribution in [3.63, 3.8) is 0 Å². The predicted octanol–water partition coefficient (Wildman–Crippen LogP) is 8.87. The van der Waals surface area contributed by atoms with Crippen molar-refractivity contribution in [3.8, 4) is 11.1 Å². The van der Waals surface area contributed by atoms with Crippen LogP contribution in [0, 0.1) is 0 Å². The molecule has 0 bridgehead atoms. The second kappa shape index (κ2) is 10.1. The zero-order valence-electron chi connectivity index (χ0n) is 21.2. The summed E-state index contributed by atoms with van der Waals surface area (Å²) in [5.41, 5.74) is -3.68. The minimum atomic E-state index is -5.11. The third kappa shape index (κ3) is 5.92. The molecule has 0 N–H and O–H groups in total. The molecule has 0 spiro atoms. The minimum absolute atomic E-state index is 0.0408. The molecule has 1 fully saturated rings. The molecular weight excluding hydrogens is 555 g/mol. The van der Waals surface area contributed by atoms with Crippen LogP contribution in [0.15, 0.2) is 54.9 Å². The maximum absolute atomic E-state index is 13.5. The van der Waals surface area contributed by atoms with E-state index in [1.807, 2.05) is 18.4 Å². The highest BCUT2D eigenvalue weighted by atomic mass is 19.4. The molecule has 1 aliphatic heterocycles. The van der Waals surface area contributed by atoms with Gasteiger partial charge in [0.25, 0.3) is 0 Å². The summed E-state index contributed by atoms with van der Waals surface area (Å²) >= 11 is 0. The quantitative estimate of drug-likeness (QED) is 0.284. The Balaban J connectivity index is 1.73. The first-order valence-electron chi connectivity index (χ1n) is 12.0. The molecule has 1 unspecified atom stereocenters. The molecule has 1 saturated heterocycles. The van der Waals surface area contributed by atoms with Gasteiger partial charge in [0.15, 0.2) is 0 Å². The van der Waals surface area contributed by atoms with E-state index in [0.717, 1.165) is 17.0 Å². The maximum Gasteiger partial charge on any atom is 0.416 e. The number of alkyl halides is 9. The summed E-state index contributed by atoms with van der Waals surface area (Å²) in [6.07, 6.45) is -14.1. The van der Waals surface area contributed by atoms with E-state index in [-0.39, 0.29) is 17.7 Å². The van der Waals surface area contributed by atoms with Gasteiger partial charge < -0.3 is 9.30 Å². The fourth-order valence-corrected chi connectivity index (χ4v) is 4.56. The second-order valence-electron chi connectivity index (χ2n) is 9.82. The number of rotatable bonds is 5. The first kappa shape index (κ1) is 29.3. The normalized spacial score (nSPS) is 18.5. The number of aromatic nitrogens is 1. The molecule has 0 radical (unpaired) electrons. The highest BCUT2D eigenvalue weighted by molar-refractivity contribution is 5.73. The van der Waals surface area contributed by atoms with Crippen molar-refractivity contribution in [3.05, 3.63) is 82.7 Å². The molecule has 2 aromatic carbocycles. The van der Waals surface area contributed by atoms with Crippen molar-refractivity contribution in [2.45, 2.75) is 64.0 Å². The Labute approximate surface area is 222 Å². The average molecular weight is 578 g/mol. The lowest BCUT2D eigenvalue weighted by Gasteiger charge is -2.24. The summed E-state index contributed by atoms with van der Waals surface area (Å²) in [5, 5.41) is 0. The number of benzene rings is 2. The maximum atomic E-state index is 13.5. The van der Waals surface area contributed by atoms with E-state index in [1.165, 1.54) is 13.0 Å². The number of amides is 1. The number of carbonyl (C=O) groups is 1. The van der Waals surface area contributed by atoms with Gasteiger partial charge in [-0.1, -0.05) is 6.07 Å². The Hall–Kier alpha value is -3.64. The Bertz CT molecular complexity index is 1370. The van der Waals surface area contributed by atoms with Crippen LogP contribution < -0.4 is 0 Å². The van der Waals surface area contributed by atoms with Crippen LogP contribution in [0.5, 0.6) is 0 Å². The van der Waals surface area contributed by atoms with Gasteiger partial charge in [-0.15, -0.1) is 0 Å². The molecule has 216 valence electrons. The summed E-state index contributed by atoms with van der Waals surface area (Å²) in [7, 11) is 0. The lowest BCUT2D eigenvalue weighted by Crippen LogP contribution is -2.32. The van der Waals surface area contributed by atoms with Gasteiger partial charge in [-0.2, -0.15) is 39.5 Å². The Morgan fingerprint density at radius 3 is 1.90 bits per heavy atom. The molecule has 2 atom stereocenters. The number of halogens is 9. The topological polar surface area (TPSA) is 34.5 Å². The van der Waals surface area contributed by atoms with Gasteiger partial charge >= 0.3 is 24.6 Å². The summed E-state index contributed by atoms with van der Waals surface area (Å²) in [4.78, 5) is 13.8. The summed E-state index contributed by atoms with van der Waals surface area (Å²) in [6.45, 7) is 4.70. The third-order valence-corrected chi connectivity index (χ3v) is 6.73. The van der Waals surface area contributed by atoms with Crippen LogP contribution in [-0.4, -0.2) is 21.6 Å². The smallest absolute Gasteiger partial charge is 0.416 e. The predicted molar refractivity (Wildman–Crippen MR) is 126 cm³/mol. The molecule has 4 rings (SSSR count). The second-order valence-corrected chi connectivity index (χ2v) is 9.82. The van der Waals surface area contributed by atoms with Crippen LogP contribution in [0.25, 0.3) is 11.1 Å².